The molecule has 0 unspecified atom stereocenters. The molecule has 1 atom stereocenters. The van der Waals surface area contributed by atoms with Crippen molar-refractivity contribution in [2.45, 2.75) is 19.5 Å². The van der Waals surface area contributed by atoms with E-state index in [1.807, 2.05) is 24.3 Å². The molecule has 1 aromatic carbocycles. The van der Waals surface area contributed by atoms with Gasteiger partial charge in [0.25, 0.3) is 0 Å². The highest BCUT2D eigenvalue weighted by molar-refractivity contribution is 5.82. The van der Waals surface area contributed by atoms with Crippen molar-refractivity contribution in [1.29, 1.82) is 0 Å². The molecule has 24 heavy (non-hydrogen) atoms. The summed E-state index contributed by atoms with van der Waals surface area (Å²) >= 11 is 0. The first-order valence-corrected chi connectivity index (χ1v) is 7.80. The Morgan fingerprint density at radius 2 is 2.21 bits per heavy atom. The van der Waals surface area contributed by atoms with E-state index in [1.165, 1.54) is 0 Å². The SMILES string of the molecule is Cc1nnc([C@@H]2COCCN2C(=O)Cn2ncc3ccccc32)o1. The number of carbonyl (C=O) groups is 1. The van der Waals surface area contributed by atoms with E-state index in [0.29, 0.717) is 31.5 Å². The molecule has 0 bridgehead atoms. The number of morpholine rings is 1. The Kier molecular flexibility index (Phi) is 3.73. The van der Waals surface area contributed by atoms with Crippen LogP contribution in [0.25, 0.3) is 10.9 Å². The van der Waals surface area contributed by atoms with Gasteiger partial charge in [0.05, 0.1) is 24.9 Å². The van der Waals surface area contributed by atoms with Gasteiger partial charge in [-0.1, -0.05) is 18.2 Å². The molecule has 0 saturated carbocycles. The number of benzene rings is 1. The molecular weight excluding hydrogens is 310 g/mol. The molecule has 8 heteroatoms. The van der Waals surface area contributed by atoms with Gasteiger partial charge in [-0.15, -0.1) is 10.2 Å². The quantitative estimate of drug-likeness (QED) is 0.721. The molecule has 1 fully saturated rings. The maximum absolute atomic E-state index is 12.8. The van der Waals surface area contributed by atoms with Gasteiger partial charge in [0, 0.05) is 18.9 Å². The van der Waals surface area contributed by atoms with E-state index in [-0.39, 0.29) is 18.5 Å². The highest BCUT2D eigenvalue weighted by atomic mass is 16.5. The fourth-order valence-electron chi connectivity index (χ4n) is 2.92. The molecule has 0 aliphatic carbocycles. The zero-order chi connectivity index (χ0) is 16.5. The Morgan fingerprint density at radius 1 is 1.33 bits per heavy atom. The van der Waals surface area contributed by atoms with Crippen molar-refractivity contribution in [3.8, 4) is 0 Å². The highest BCUT2D eigenvalue weighted by Crippen LogP contribution is 2.24. The zero-order valence-electron chi connectivity index (χ0n) is 13.3. The smallest absolute Gasteiger partial charge is 0.245 e. The van der Waals surface area contributed by atoms with Gasteiger partial charge in [-0.05, 0) is 6.07 Å². The minimum Gasteiger partial charge on any atom is -0.423 e. The summed E-state index contributed by atoms with van der Waals surface area (Å²) in [6.45, 7) is 3.23. The van der Waals surface area contributed by atoms with Crippen molar-refractivity contribution in [2.24, 2.45) is 0 Å². The largest absolute Gasteiger partial charge is 0.423 e. The number of aryl methyl sites for hydroxylation is 1. The molecule has 8 nitrogen and oxygen atoms in total. The molecule has 0 radical (unpaired) electrons. The number of aromatic nitrogens is 4. The van der Waals surface area contributed by atoms with Gasteiger partial charge in [0.15, 0.2) is 0 Å². The van der Waals surface area contributed by atoms with Gasteiger partial charge in [-0.3, -0.25) is 9.48 Å². The second-order valence-electron chi connectivity index (χ2n) is 5.70. The molecular formula is C16H17N5O3. The lowest BCUT2D eigenvalue weighted by atomic mass is 10.2. The van der Waals surface area contributed by atoms with Crippen molar-refractivity contribution in [3.63, 3.8) is 0 Å². The predicted octanol–water partition coefficient (Wildman–Crippen LogP) is 1.33. The van der Waals surface area contributed by atoms with Crippen molar-refractivity contribution < 1.29 is 13.9 Å². The van der Waals surface area contributed by atoms with Gasteiger partial charge in [0.2, 0.25) is 17.7 Å². The van der Waals surface area contributed by atoms with Crippen LogP contribution < -0.4 is 0 Å². The summed E-state index contributed by atoms with van der Waals surface area (Å²) in [5.41, 5.74) is 0.935. The lowest BCUT2D eigenvalue weighted by Crippen LogP contribution is -2.45. The fourth-order valence-corrected chi connectivity index (χ4v) is 2.92. The first kappa shape index (κ1) is 14.8. The number of nitrogens with zero attached hydrogens (tertiary/aromatic N) is 5. The molecule has 0 N–H and O–H groups in total. The van der Waals surface area contributed by atoms with Gasteiger partial charge in [-0.25, -0.2) is 0 Å². The lowest BCUT2D eigenvalue weighted by Gasteiger charge is -2.33. The summed E-state index contributed by atoms with van der Waals surface area (Å²) in [7, 11) is 0. The third kappa shape index (κ3) is 2.65. The van der Waals surface area contributed by atoms with Crippen LogP contribution in [0.15, 0.2) is 34.9 Å². The van der Waals surface area contributed by atoms with Crippen molar-refractivity contribution in [2.75, 3.05) is 19.8 Å². The molecule has 2 aromatic heterocycles. The zero-order valence-corrected chi connectivity index (χ0v) is 13.3. The molecule has 1 aliphatic rings. The lowest BCUT2D eigenvalue weighted by molar-refractivity contribution is -0.142. The number of amides is 1. The van der Waals surface area contributed by atoms with Gasteiger partial charge < -0.3 is 14.1 Å². The number of carbonyl (C=O) groups excluding carboxylic acids is 1. The highest BCUT2D eigenvalue weighted by Gasteiger charge is 2.32. The van der Waals surface area contributed by atoms with E-state index in [4.69, 9.17) is 9.15 Å². The third-order valence-corrected chi connectivity index (χ3v) is 4.11. The first-order chi connectivity index (χ1) is 11.7. The van der Waals surface area contributed by atoms with Gasteiger partial charge in [-0.2, -0.15) is 5.10 Å². The van der Waals surface area contributed by atoms with Crippen LogP contribution >= 0.6 is 0 Å². The average Bonchev–Trinajstić information content (AvgIpc) is 3.22. The Bertz CT molecular complexity index is 871. The summed E-state index contributed by atoms with van der Waals surface area (Å²) in [6.07, 6.45) is 1.76. The molecule has 1 saturated heterocycles. The third-order valence-electron chi connectivity index (χ3n) is 4.11. The second-order valence-corrected chi connectivity index (χ2v) is 5.70. The molecule has 1 amide bonds. The van der Waals surface area contributed by atoms with E-state index in [2.05, 4.69) is 15.3 Å². The Balaban J connectivity index is 1.57. The van der Waals surface area contributed by atoms with E-state index in [9.17, 15) is 4.79 Å². The number of para-hydroxylation sites is 1. The maximum atomic E-state index is 12.8. The molecule has 3 heterocycles. The Hall–Kier alpha value is -2.74. The number of rotatable bonds is 3. The van der Waals surface area contributed by atoms with E-state index >= 15 is 0 Å². The molecule has 1 aliphatic heterocycles. The normalized spacial score (nSPS) is 18.2. The van der Waals surface area contributed by atoms with Crippen LogP contribution in [0, 0.1) is 6.92 Å². The van der Waals surface area contributed by atoms with E-state index in [1.54, 1.807) is 22.7 Å². The summed E-state index contributed by atoms with van der Waals surface area (Å²) in [6, 6.07) is 7.46. The predicted molar refractivity (Wildman–Crippen MR) is 84.0 cm³/mol. The van der Waals surface area contributed by atoms with Crippen LogP contribution in [0.3, 0.4) is 0 Å². The summed E-state index contributed by atoms with van der Waals surface area (Å²) < 4.78 is 12.7. The number of hydrogen-bond donors (Lipinski definition) is 0. The van der Waals surface area contributed by atoms with Crippen LogP contribution in [-0.4, -0.2) is 50.5 Å². The number of ether oxygens (including phenoxy) is 1. The minimum atomic E-state index is -0.353. The molecule has 124 valence electrons. The summed E-state index contributed by atoms with van der Waals surface area (Å²) in [5.74, 6) is 0.833. The summed E-state index contributed by atoms with van der Waals surface area (Å²) in [5, 5.41) is 13.2. The van der Waals surface area contributed by atoms with Crippen LogP contribution in [0.5, 0.6) is 0 Å². The number of hydrogen-bond acceptors (Lipinski definition) is 6. The fraction of sp³-hybridized carbons (Fsp3) is 0.375. The standard InChI is InChI=1S/C16H17N5O3/c1-11-18-19-16(24-11)14-10-23-7-6-20(14)15(22)9-21-13-5-3-2-4-12(13)8-17-21/h2-5,8,14H,6-7,9-10H2,1H3/t14-/m0/s1. The van der Waals surface area contributed by atoms with E-state index in [0.717, 1.165) is 10.9 Å². The minimum absolute atomic E-state index is 0.0481. The van der Waals surface area contributed by atoms with Crippen molar-refractivity contribution >= 4 is 16.8 Å². The van der Waals surface area contributed by atoms with Crippen LogP contribution in [0.2, 0.25) is 0 Å². The first-order valence-electron chi connectivity index (χ1n) is 7.80. The van der Waals surface area contributed by atoms with Crippen molar-refractivity contribution in [1.82, 2.24) is 24.9 Å². The van der Waals surface area contributed by atoms with Crippen molar-refractivity contribution in [3.05, 3.63) is 42.2 Å². The van der Waals surface area contributed by atoms with Crippen LogP contribution in [0.4, 0.5) is 0 Å². The van der Waals surface area contributed by atoms with Gasteiger partial charge >= 0.3 is 0 Å². The molecule has 0 spiro atoms. The Labute approximate surface area is 138 Å². The van der Waals surface area contributed by atoms with Crippen LogP contribution in [-0.2, 0) is 16.1 Å². The Morgan fingerprint density at radius 3 is 3.04 bits per heavy atom. The molecule has 3 aromatic rings. The summed E-state index contributed by atoms with van der Waals surface area (Å²) in [4.78, 5) is 14.5. The number of fused-ring (bicyclic) bond motifs is 1. The topological polar surface area (TPSA) is 86.3 Å². The van der Waals surface area contributed by atoms with E-state index < -0.39 is 0 Å². The molecule has 4 rings (SSSR count). The second kappa shape index (κ2) is 6.04. The van der Waals surface area contributed by atoms with Gasteiger partial charge in [0.1, 0.15) is 12.6 Å². The van der Waals surface area contributed by atoms with Crippen LogP contribution in [0.1, 0.15) is 17.8 Å². The maximum Gasteiger partial charge on any atom is 0.245 e. The average molecular weight is 327 g/mol. The monoisotopic (exact) mass is 327 g/mol.